The highest BCUT2D eigenvalue weighted by Gasteiger charge is 2.33. The second-order valence-corrected chi connectivity index (χ2v) is 8.22. The van der Waals surface area contributed by atoms with Crippen LogP contribution < -0.4 is 0 Å². The maximum atomic E-state index is 13.4. The van der Waals surface area contributed by atoms with Gasteiger partial charge in [-0.15, -0.1) is 0 Å². The van der Waals surface area contributed by atoms with Gasteiger partial charge in [0.1, 0.15) is 5.82 Å². The van der Waals surface area contributed by atoms with Crippen LogP contribution in [0.2, 0.25) is 5.02 Å². The number of nitrogens with one attached hydrogen (secondary N) is 1. The van der Waals surface area contributed by atoms with Crippen LogP contribution in [0.4, 0.5) is 0 Å². The number of aromatic nitrogens is 3. The van der Waals surface area contributed by atoms with Gasteiger partial charge in [0.2, 0.25) is 5.91 Å². The molecule has 2 aromatic heterocycles. The molecule has 2 aromatic carbocycles. The number of carbonyl (C=O) groups is 1. The van der Waals surface area contributed by atoms with Gasteiger partial charge in [-0.05, 0) is 54.8 Å². The Morgan fingerprint density at radius 1 is 1.10 bits per heavy atom. The maximum Gasteiger partial charge on any atom is 0.225 e. The van der Waals surface area contributed by atoms with E-state index in [2.05, 4.69) is 9.55 Å². The standard InChI is InChI=1S/C24H23ClN4O/c25-18-11-9-17(10-12-18)22(28-13-3-4-14-28)16-23(30)29-15-5-8-21(29)24-26-19-6-1-2-7-20(19)27-24/h1-4,6-7,9-14,21-22H,5,8,15-16H2,(H,26,27)/t21-,22?/m0/s1. The van der Waals surface area contributed by atoms with Gasteiger partial charge in [0.05, 0.1) is 29.5 Å². The topological polar surface area (TPSA) is 53.9 Å². The molecule has 0 saturated carbocycles. The van der Waals surface area contributed by atoms with Gasteiger partial charge in [-0.1, -0.05) is 35.9 Å². The lowest BCUT2D eigenvalue weighted by atomic mass is 10.0. The summed E-state index contributed by atoms with van der Waals surface area (Å²) in [6, 6.07) is 19.7. The van der Waals surface area contributed by atoms with Crippen LogP contribution in [-0.2, 0) is 4.79 Å². The summed E-state index contributed by atoms with van der Waals surface area (Å²) in [6.07, 6.45) is 6.33. The molecule has 5 nitrogen and oxygen atoms in total. The number of nitrogens with zero attached hydrogens (tertiary/aromatic N) is 3. The Morgan fingerprint density at radius 2 is 1.87 bits per heavy atom. The number of aromatic amines is 1. The molecule has 2 atom stereocenters. The SMILES string of the molecule is O=C(CC(c1ccc(Cl)cc1)n1cccc1)N1CCC[C@H]1c1nc2ccccc2[nH]1. The lowest BCUT2D eigenvalue weighted by molar-refractivity contribution is -0.132. The molecule has 3 heterocycles. The zero-order valence-corrected chi connectivity index (χ0v) is 17.3. The number of halogens is 1. The van der Waals surface area contributed by atoms with Gasteiger partial charge >= 0.3 is 0 Å². The lowest BCUT2D eigenvalue weighted by Crippen LogP contribution is -2.33. The summed E-state index contributed by atoms with van der Waals surface area (Å²) < 4.78 is 2.09. The molecule has 0 spiro atoms. The van der Waals surface area contributed by atoms with E-state index in [1.54, 1.807) is 0 Å². The van der Waals surface area contributed by atoms with Gasteiger partial charge in [0, 0.05) is 24.0 Å². The van der Waals surface area contributed by atoms with Crippen LogP contribution in [-0.4, -0.2) is 31.9 Å². The number of amides is 1. The molecule has 5 rings (SSSR count). The van der Waals surface area contributed by atoms with Crippen molar-refractivity contribution in [2.24, 2.45) is 0 Å². The second kappa shape index (κ2) is 8.00. The molecule has 4 aromatic rings. The van der Waals surface area contributed by atoms with Crippen LogP contribution in [0.25, 0.3) is 11.0 Å². The number of imidazole rings is 1. The molecule has 1 fully saturated rings. The molecule has 1 aliphatic heterocycles. The first-order valence-corrected chi connectivity index (χ1v) is 10.7. The molecule has 0 radical (unpaired) electrons. The van der Waals surface area contributed by atoms with Gasteiger partial charge in [-0.2, -0.15) is 0 Å². The first-order valence-electron chi connectivity index (χ1n) is 10.3. The smallest absolute Gasteiger partial charge is 0.225 e. The van der Waals surface area contributed by atoms with E-state index >= 15 is 0 Å². The summed E-state index contributed by atoms with van der Waals surface area (Å²) in [4.78, 5) is 23.6. The minimum Gasteiger partial charge on any atom is -0.346 e. The normalized spacial score (nSPS) is 17.5. The summed E-state index contributed by atoms with van der Waals surface area (Å²) in [7, 11) is 0. The monoisotopic (exact) mass is 418 g/mol. The number of rotatable bonds is 5. The Morgan fingerprint density at radius 3 is 2.63 bits per heavy atom. The van der Waals surface area contributed by atoms with Crippen molar-refractivity contribution in [2.45, 2.75) is 31.3 Å². The molecule has 0 aliphatic carbocycles. The zero-order chi connectivity index (χ0) is 20.5. The summed E-state index contributed by atoms with van der Waals surface area (Å²) in [5, 5.41) is 0.695. The molecule has 1 unspecified atom stereocenters. The first-order chi connectivity index (χ1) is 14.7. The second-order valence-electron chi connectivity index (χ2n) is 7.79. The van der Waals surface area contributed by atoms with Crippen molar-refractivity contribution in [3.05, 3.63) is 89.5 Å². The molecular weight excluding hydrogens is 396 g/mol. The van der Waals surface area contributed by atoms with E-state index in [1.807, 2.05) is 78.0 Å². The van der Waals surface area contributed by atoms with Crippen LogP contribution >= 0.6 is 11.6 Å². The molecular formula is C24H23ClN4O. The minimum absolute atomic E-state index is 0.000398. The number of carbonyl (C=O) groups excluding carboxylic acids is 1. The summed E-state index contributed by atoms with van der Waals surface area (Å²) in [5.41, 5.74) is 3.03. The Bertz CT molecular complexity index is 1120. The molecule has 0 bridgehead atoms. The summed E-state index contributed by atoms with van der Waals surface area (Å²) >= 11 is 6.08. The Hall–Kier alpha value is -3.05. The van der Waals surface area contributed by atoms with Crippen LogP contribution in [0.3, 0.4) is 0 Å². The predicted molar refractivity (Wildman–Crippen MR) is 118 cm³/mol. The van der Waals surface area contributed by atoms with Gasteiger partial charge in [0.15, 0.2) is 0 Å². The van der Waals surface area contributed by atoms with Crippen LogP contribution in [0.1, 0.15) is 42.7 Å². The largest absolute Gasteiger partial charge is 0.346 e. The third-order valence-electron chi connectivity index (χ3n) is 5.91. The third-order valence-corrected chi connectivity index (χ3v) is 6.16. The minimum atomic E-state index is -0.0679. The molecule has 152 valence electrons. The maximum absolute atomic E-state index is 13.4. The number of likely N-dealkylation sites (tertiary alicyclic amines) is 1. The Kier molecular flexibility index (Phi) is 5.05. The van der Waals surface area contributed by atoms with E-state index < -0.39 is 0 Å². The van der Waals surface area contributed by atoms with E-state index in [9.17, 15) is 4.79 Å². The van der Waals surface area contributed by atoms with Gasteiger partial charge in [-0.25, -0.2) is 4.98 Å². The van der Waals surface area contributed by atoms with Crippen molar-refractivity contribution in [1.29, 1.82) is 0 Å². The van der Waals surface area contributed by atoms with Crippen molar-refractivity contribution in [3.63, 3.8) is 0 Å². The average Bonchev–Trinajstić information content (AvgIpc) is 3.52. The van der Waals surface area contributed by atoms with E-state index in [1.165, 1.54) is 0 Å². The fraction of sp³-hybridized carbons (Fsp3) is 0.250. The highest BCUT2D eigenvalue weighted by molar-refractivity contribution is 6.30. The highest BCUT2D eigenvalue weighted by Crippen LogP contribution is 2.34. The number of hydrogen-bond donors (Lipinski definition) is 1. The summed E-state index contributed by atoms with van der Waals surface area (Å²) in [5.74, 6) is 1.03. The average molecular weight is 419 g/mol. The molecule has 1 aliphatic rings. The third kappa shape index (κ3) is 3.61. The number of fused-ring (bicyclic) bond motifs is 1. The van der Waals surface area contributed by atoms with Crippen molar-refractivity contribution in [1.82, 2.24) is 19.4 Å². The molecule has 30 heavy (non-hydrogen) atoms. The van der Waals surface area contributed by atoms with E-state index in [0.717, 1.165) is 41.8 Å². The van der Waals surface area contributed by atoms with E-state index in [-0.39, 0.29) is 18.0 Å². The van der Waals surface area contributed by atoms with E-state index in [4.69, 9.17) is 16.6 Å². The highest BCUT2D eigenvalue weighted by atomic mass is 35.5. The fourth-order valence-electron chi connectivity index (χ4n) is 4.40. The van der Waals surface area contributed by atoms with Gasteiger partial charge in [-0.3, -0.25) is 4.79 Å². The molecule has 1 N–H and O–H groups in total. The van der Waals surface area contributed by atoms with Crippen molar-refractivity contribution >= 4 is 28.5 Å². The number of para-hydroxylation sites is 2. The van der Waals surface area contributed by atoms with Crippen LogP contribution in [0.15, 0.2) is 73.1 Å². The van der Waals surface area contributed by atoms with Gasteiger partial charge < -0.3 is 14.5 Å². The quantitative estimate of drug-likeness (QED) is 0.474. The van der Waals surface area contributed by atoms with Crippen LogP contribution in [0.5, 0.6) is 0 Å². The first kappa shape index (κ1) is 18.9. The predicted octanol–water partition coefficient (Wildman–Crippen LogP) is 5.36. The Balaban J connectivity index is 1.41. The fourth-order valence-corrected chi connectivity index (χ4v) is 4.52. The van der Waals surface area contributed by atoms with Crippen molar-refractivity contribution in [2.75, 3.05) is 6.54 Å². The lowest BCUT2D eigenvalue weighted by Gasteiger charge is -2.27. The Labute approximate surface area is 180 Å². The molecule has 6 heteroatoms. The molecule has 1 saturated heterocycles. The molecule has 1 amide bonds. The number of benzene rings is 2. The van der Waals surface area contributed by atoms with Crippen molar-refractivity contribution in [3.8, 4) is 0 Å². The van der Waals surface area contributed by atoms with Crippen molar-refractivity contribution < 1.29 is 4.79 Å². The number of H-pyrrole nitrogens is 1. The van der Waals surface area contributed by atoms with E-state index in [0.29, 0.717) is 11.4 Å². The van der Waals surface area contributed by atoms with Crippen LogP contribution in [0, 0.1) is 0 Å². The summed E-state index contributed by atoms with van der Waals surface area (Å²) in [6.45, 7) is 0.763. The zero-order valence-electron chi connectivity index (χ0n) is 16.5. The number of hydrogen-bond acceptors (Lipinski definition) is 2. The van der Waals surface area contributed by atoms with Gasteiger partial charge in [0.25, 0.3) is 0 Å².